The summed E-state index contributed by atoms with van der Waals surface area (Å²) in [6, 6.07) is 0. The van der Waals surface area contributed by atoms with E-state index in [2.05, 4.69) is 36.3 Å². The molecule has 0 spiro atoms. The Bertz CT molecular complexity index is 369. The quantitative estimate of drug-likeness (QED) is 0.276. The summed E-state index contributed by atoms with van der Waals surface area (Å²) >= 11 is 0. The van der Waals surface area contributed by atoms with Gasteiger partial charge in [-0.3, -0.25) is 9.69 Å². The second-order valence-corrected chi connectivity index (χ2v) is 8.92. The normalized spacial score (nSPS) is 13.9. The zero-order valence-electron chi connectivity index (χ0n) is 17.7. The first kappa shape index (κ1) is 25.3. The van der Waals surface area contributed by atoms with Gasteiger partial charge >= 0.3 is 0 Å². The van der Waals surface area contributed by atoms with Gasteiger partial charge in [0.25, 0.3) is 0 Å². The molecule has 0 fully saturated rings. The second-order valence-electron chi connectivity index (χ2n) is 8.92. The largest absolute Gasteiger partial charge is 0.356 e. The van der Waals surface area contributed by atoms with Gasteiger partial charge in [0, 0.05) is 57.3 Å². The fraction of sp³-hybridized carbons (Fsp3) is 0.947. The van der Waals surface area contributed by atoms with Crippen LogP contribution >= 0.6 is 0 Å². The van der Waals surface area contributed by atoms with Crippen molar-refractivity contribution >= 4 is 5.91 Å². The number of nitrogens with two attached hydrogens (primary N) is 3. The SMILES string of the molecule is CC(C)(N)CC(C(=O)NCCCNCCN(CCN)CCN)C(C)(C)C. The molecule has 1 unspecified atom stereocenters. The fourth-order valence-corrected chi connectivity index (χ4v) is 2.93. The molecule has 7 nitrogen and oxygen atoms in total. The fourth-order valence-electron chi connectivity index (χ4n) is 2.93. The van der Waals surface area contributed by atoms with E-state index in [0.29, 0.717) is 26.1 Å². The van der Waals surface area contributed by atoms with E-state index in [1.165, 1.54) is 0 Å². The van der Waals surface area contributed by atoms with Crippen LogP contribution < -0.4 is 27.8 Å². The number of nitrogens with one attached hydrogen (secondary N) is 2. The zero-order valence-corrected chi connectivity index (χ0v) is 17.7. The van der Waals surface area contributed by atoms with E-state index in [0.717, 1.165) is 39.1 Å². The number of carbonyl (C=O) groups is 1. The molecule has 0 bridgehead atoms. The molecule has 8 N–H and O–H groups in total. The minimum Gasteiger partial charge on any atom is -0.356 e. The number of rotatable bonds is 14. The number of hydrogen-bond acceptors (Lipinski definition) is 6. The van der Waals surface area contributed by atoms with Crippen molar-refractivity contribution in [1.82, 2.24) is 15.5 Å². The summed E-state index contributed by atoms with van der Waals surface area (Å²) in [4.78, 5) is 14.8. The molecule has 0 aliphatic carbocycles. The lowest BCUT2D eigenvalue weighted by atomic mass is 9.74. The lowest BCUT2D eigenvalue weighted by molar-refractivity contribution is -0.129. The third-order valence-corrected chi connectivity index (χ3v) is 4.42. The Kier molecular flexibility index (Phi) is 12.3. The molecule has 0 aromatic rings. The Balaban J connectivity index is 4.05. The van der Waals surface area contributed by atoms with E-state index in [9.17, 15) is 4.79 Å². The highest BCUT2D eigenvalue weighted by Gasteiger charge is 2.34. The van der Waals surface area contributed by atoms with Gasteiger partial charge in [0.05, 0.1) is 0 Å². The molecule has 0 aliphatic rings. The Hall–Kier alpha value is -0.730. The zero-order chi connectivity index (χ0) is 20.2. The van der Waals surface area contributed by atoms with Crippen LogP contribution in [0, 0.1) is 11.3 Å². The van der Waals surface area contributed by atoms with Gasteiger partial charge in [-0.2, -0.15) is 0 Å². The van der Waals surface area contributed by atoms with Crippen LogP contribution in [0.15, 0.2) is 0 Å². The summed E-state index contributed by atoms with van der Waals surface area (Å²) in [5.41, 5.74) is 16.9. The highest BCUT2D eigenvalue weighted by Crippen LogP contribution is 2.32. The smallest absolute Gasteiger partial charge is 0.223 e. The molecule has 1 atom stereocenters. The van der Waals surface area contributed by atoms with E-state index in [1.807, 2.05) is 13.8 Å². The van der Waals surface area contributed by atoms with Gasteiger partial charge < -0.3 is 27.8 Å². The van der Waals surface area contributed by atoms with Crippen LogP contribution in [-0.2, 0) is 4.79 Å². The lowest BCUT2D eigenvalue weighted by Gasteiger charge is -2.34. The number of nitrogens with zero attached hydrogens (tertiary/aromatic N) is 1. The predicted octanol–water partition coefficient (Wildman–Crippen LogP) is 0.0914. The molecule has 0 heterocycles. The maximum atomic E-state index is 12.6. The number of hydrogen-bond donors (Lipinski definition) is 5. The molecule has 7 heteroatoms. The minimum atomic E-state index is -0.351. The number of carbonyl (C=O) groups excluding carboxylic acids is 1. The molecule has 0 aromatic heterocycles. The van der Waals surface area contributed by atoms with Gasteiger partial charge in [0.1, 0.15) is 0 Å². The molecule has 26 heavy (non-hydrogen) atoms. The van der Waals surface area contributed by atoms with Crippen molar-refractivity contribution in [1.29, 1.82) is 0 Å². The minimum absolute atomic E-state index is 0.0865. The van der Waals surface area contributed by atoms with Crippen LogP contribution in [0.25, 0.3) is 0 Å². The van der Waals surface area contributed by atoms with Crippen LogP contribution in [0.5, 0.6) is 0 Å². The second kappa shape index (κ2) is 12.6. The molecule has 1 amide bonds. The molecule has 156 valence electrons. The average Bonchev–Trinajstić information content (AvgIpc) is 2.50. The lowest BCUT2D eigenvalue weighted by Crippen LogP contribution is -2.45. The predicted molar refractivity (Wildman–Crippen MR) is 111 cm³/mol. The average molecular weight is 373 g/mol. The summed E-state index contributed by atoms with van der Waals surface area (Å²) in [6.45, 7) is 16.7. The third kappa shape index (κ3) is 12.6. The first-order valence-electron chi connectivity index (χ1n) is 9.91. The van der Waals surface area contributed by atoms with Crippen LogP contribution in [0.4, 0.5) is 0 Å². The van der Waals surface area contributed by atoms with E-state index >= 15 is 0 Å². The molecule has 0 saturated heterocycles. The summed E-state index contributed by atoms with van der Waals surface area (Å²) in [6.07, 6.45) is 1.58. The first-order chi connectivity index (χ1) is 12.0. The van der Waals surface area contributed by atoms with Crippen molar-refractivity contribution in [3.63, 3.8) is 0 Å². The molecule has 0 radical (unpaired) electrons. The highest BCUT2D eigenvalue weighted by molar-refractivity contribution is 5.79. The maximum absolute atomic E-state index is 12.6. The van der Waals surface area contributed by atoms with Crippen LogP contribution in [-0.4, -0.2) is 68.7 Å². The Morgan fingerprint density at radius 3 is 2.00 bits per heavy atom. The summed E-state index contributed by atoms with van der Waals surface area (Å²) < 4.78 is 0. The van der Waals surface area contributed by atoms with Crippen molar-refractivity contribution in [2.45, 2.75) is 53.0 Å². The van der Waals surface area contributed by atoms with Crippen molar-refractivity contribution < 1.29 is 4.79 Å². The first-order valence-corrected chi connectivity index (χ1v) is 9.91. The van der Waals surface area contributed by atoms with Crippen molar-refractivity contribution in [2.75, 3.05) is 52.4 Å². The van der Waals surface area contributed by atoms with Crippen molar-refractivity contribution in [3.8, 4) is 0 Å². The molecule has 0 aliphatic heterocycles. The van der Waals surface area contributed by atoms with E-state index < -0.39 is 0 Å². The van der Waals surface area contributed by atoms with Gasteiger partial charge in [-0.25, -0.2) is 0 Å². The Morgan fingerprint density at radius 2 is 1.54 bits per heavy atom. The third-order valence-electron chi connectivity index (χ3n) is 4.42. The van der Waals surface area contributed by atoms with Gasteiger partial charge in [-0.15, -0.1) is 0 Å². The molecular weight excluding hydrogens is 328 g/mol. The van der Waals surface area contributed by atoms with Gasteiger partial charge in [-0.1, -0.05) is 20.8 Å². The van der Waals surface area contributed by atoms with Crippen LogP contribution in [0.3, 0.4) is 0 Å². The van der Waals surface area contributed by atoms with Gasteiger partial charge in [0.15, 0.2) is 0 Å². The van der Waals surface area contributed by atoms with E-state index in [4.69, 9.17) is 17.2 Å². The van der Waals surface area contributed by atoms with Gasteiger partial charge in [0.2, 0.25) is 5.91 Å². The van der Waals surface area contributed by atoms with Crippen LogP contribution in [0.1, 0.15) is 47.5 Å². The van der Waals surface area contributed by atoms with Crippen LogP contribution in [0.2, 0.25) is 0 Å². The maximum Gasteiger partial charge on any atom is 0.223 e. The van der Waals surface area contributed by atoms with Gasteiger partial charge in [-0.05, 0) is 38.6 Å². The number of amides is 1. The standard InChI is InChI=1S/C19H44N6O/c1-18(2,3)16(15-19(4,5)22)17(26)24-10-6-9-23-11-14-25(12-7-20)13-8-21/h16,23H,6-15,20-22H2,1-5H3,(H,24,26). The molecule has 0 aromatic carbocycles. The highest BCUT2D eigenvalue weighted by atomic mass is 16.1. The van der Waals surface area contributed by atoms with Crippen molar-refractivity contribution in [3.05, 3.63) is 0 Å². The van der Waals surface area contributed by atoms with E-state index in [1.54, 1.807) is 0 Å². The topological polar surface area (TPSA) is 122 Å². The summed E-state index contributed by atoms with van der Waals surface area (Å²) in [7, 11) is 0. The van der Waals surface area contributed by atoms with Crippen molar-refractivity contribution in [2.24, 2.45) is 28.5 Å². The molecule has 0 saturated carbocycles. The van der Waals surface area contributed by atoms with E-state index in [-0.39, 0.29) is 22.8 Å². The molecule has 0 rings (SSSR count). The Morgan fingerprint density at radius 1 is 0.962 bits per heavy atom. The summed E-state index contributed by atoms with van der Waals surface area (Å²) in [5.74, 6) is 0.0182. The monoisotopic (exact) mass is 372 g/mol. The molecular formula is C19H44N6O. The summed E-state index contributed by atoms with van der Waals surface area (Å²) in [5, 5.41) is 6.48. The Labute approximate surface area is 160 Å².